The Bertz CT molecular complexity index is 312. The summed E-state index contributed by atoms with van der Waals surface area (Å²) in [6.07, 6.45) is 0.431. The first-order chi connectivity index (χ1) is 7.09. The van der Waals surface area contributed by atoms with Crippen LogP contribution in [-0.4, -0.2) is 17.8 Å². The molecule has 0 heterocycles. The molecule has 0 fully saturated rings. The summed E-state index contributed by atoms with van der Waals surface area (Å²) in [5.74, 6) is -0.201. The van der Waals surface area contributed by atoms with Crippen LogP contribution in [0.25, 0.3) is 0 Å². The number of rotatable bonds is 5. The average molecular weight is 211 g/mol. The van der Waals surface area contributed by atoms with Crippen LogP contribution in [0.4, 0.5) is 4.39 Å². The van der Waals surface area contributed by atoms with Crippen LogP contribution in [0.1, 0.15) is 24.5 Å². The van der Waals surface area contributed by atoms with Gasteiger partial charge in [-0.25, -0.2) is 4.39 Å². The van der Waals surface area contributed by atoms with Crippen LogP contribution in [0.5, 0.6) is 0 Å². The third-order valence-corrected chi connectivity index (χ3v) is 2.37. The summed E-state index contributed by atoms with van der Waals surface area (Å²) in [6, 6.07) is 4.79. The summed E-state index contributed by atoms with van der Waals surface area (Å²) in [5, 5.41) is 12.2. The minimum absolute atomic E-state index is 0.201. The van der Waals surface area contributed by atoms with Gasteiger partial charge in [-0.2, -0.15) is 0 Å². The smallest absolute Gasteiger partial charge is 0.123 e. The maximum absolute atomic E-state index is 12.9. The molecule has 2 N–H and O–H groups in total. The first-order valence-corrected chi connectivity index (χ1v) is 5.23. The molecule has 0 aromatic heterocycles. The van der Waals surface area contributed by atoms with E-state index in [4.69, 9.17) is 5.11 Å². The molecule has 1 aromatic rings. The number of aliphatic hydroxyl groups excluding tert-OH is 1. The van der Waals surface area contributed by atoms with Crippen LogP contribution in [-0.2, 0) is 6.54 Å². The topological polar surface area (TPSA) is 32.3 Å². The van der Waals surface area contributed by atoms with Gasteiger partial charge in [-0.15, -0.1) is 0 Å². The largest absolute Gasteiger partial charge is 0.393 e. The number of aliphatic hydroxyl groups is 1. The highest BCUT2D eigenvalue weighted by Gasteiger charge is 2.00. The second-order valence-electron chi connectivity index (χ2n) is 3.89. The predicted octanol–water partition coefficient (Wildman–Crippen LogP) is 1.99. The molecule has 0 saturated heterocycles. The molecule has 2 nitrogen and oxygen atoms in total. The zero-order chi connectivity index (χ0) is 11.3. The monoisotopic (exact) mass is 211 g/mol. The Labute approximate surface area is 90.1 Å². The fraction of sp³-hybridized carbons (Fsp3) is 0.500. The van der Waals surface area contributed by atoms with Crippen LogP contribution in [0.2, 0.25) is 0 Å². The highest BCUT2D eigenvalue weighted by atomic mass is 19.1. The summed E-state index contributed by atoms with van der Waals surface area (Å²) >= 11 is 0. The van der Waals surface area contributed by atoms with Gasteiger partial charge in [0.1, 0.15) is 5.82 Å². The van der Waals surface area contributed by atoms with Crippen molar-refractivity contribution in [3.63, 3.8) is 0 Å². The molecule has 0 spiro atoms. The normalized spacial score (nSPS) is 12.8. The standard InChI is InChI=1S/C12H18FNO/c1-9-3-4-12(13)7-11(9)8-14-6-5-10(2)15/h3-4,7,10,14-15H,5-6,8H2,1-2H3. The molecule has 0 aliphatic carbocycles. The Morgan fingerprint density at radius 1 is 1.47 bits per heavy atom. The Balaban J connectivity index is 2.40. The third-order valence-electron chi connectivity index (χ3n) is 2.37. The maximum Gasteiger partial charge on any atom is 0.123 e. The fourth-order valence-electron chi connectivity index (χ4n) is 1.36. The second kappa shape index (κ2) is 5.83. The van der Waals surface area contributed by atoms with Gasteiger partial charge in [0.15, 0.2) is 0 Å². The van der Waals surface area contributed by atoms with Gasteiger partial charge >= 0.3 is 0 Å². The lowest BCUT2D eigenvalue weighted by Crippen LogP contribution is -2.19. The number of aryl methyl sites for hydroxylation is 1. The van der Waals surface area contributed by atoms with Crippen molar-refractivity contribution < 1.29 is 9.50 Å². The Morgan fingerprint density at radius 3 is 2.87 bits per heavy atom. The van der Waals surface area contributed by atoms with E-state index in [9.17, 15) is 4.39 Å². The van der Waals surface area contributed by atoms with Crippen molar-refractivity contribution in [1.29, 1.82) is 0 Å². The van der Waals surface area contributed by atoms with E-state index in [1.54, 1.807) is 19.1 Å². The summed E-state index contributed by atoms with van der Waals surface area (Å²) < 4.78 is 12.9. The number of halogens is 1. The molecule has 1 unspecified atom stereocenters. The van der Waals surface area contributed by atoms with Crippen LogP contribution in [0.3, 0.4) is 0 Å². The number of benzene rings is 1. The molecule has 1 atom stereocenters. The SMILES string of the molecule is Cc1ccc(F)cc1CNCCC(C)O. The molecule has 0 bridgehead atoms. The molecule has 0 saturated carbocycles. The molecule has 15 heavy (non-hydrogen) atoms. The molecule has 0 aliphatic rings. The van der Waals surface area contributed by atoms with Crippen LogP contribution in [0, 0.1) is 12.7 Å². The minimum Gasteiger partial charge on any atom is -0.393 e. The molecular weight excluding hydrogens is 193 g/mol. The van der Waals surface area contributed by atoms with E-state index in [1.807, 2.05) is 6.92 Å². The quantitative estimate of drug-likeness (QED) is 0.730. The van der Waals surface area contributed by atoms with E-state index in [-0.39, 0.29) is 11.9 Å². The van der Waals surface area contributed by atoms with Gasteiger partial charge in [0.05, 0.1) is 6.10 Å². The van der Waals surface area contributed by atoms with Crippen molar-refractivity contribution in [2.45, 2.75) is 32.9 Å². The zero-order valence-electron chi connectivity index (χ0n) is 9.26. The predicted molar refractivity (Wildman–Crippen MR) is 59.1 cm³/mol. The highest BCUT2D eigenvalue weighted by Crippen LogP contribution is 2.09. The van der Waals surface area contributed by atoms with Gasteiger partial charge in [0.25, 0.3) is 0 Å². The van der Waals surface area contributed by atoms with Crippen molar-refractivity contribution in [2.75, 3.05) is 6.54 Å². The van der Waals surface area contributed by atoms with Crippen LogP contribution in [0.15, 0.2) is 18.2 Å². The summed E-state index contributed by atoms with van der Waals surface area (Å²) in [4.78, 5) is 0. The molecule has 0 aliphatic heterocycles. The van der Waals surface area contributed by atoms with E-state index >= 15 is 0 Å². The molecular formula is C12H18FNO. The zero-order valence-corrected chi connectivity index (χ0v) is 9.26. The lowest BCUT2D eigenvalue weighted by atomic mass is 10.1. The van der Waals surface area contributed by atoms with E-state index in [1.165, 1.54) is 6.07 Å². The molecule has 0 amide bonds. The fourth-order valence-corrected chi connectivity index (χ4v) is 1.36. The number of hydrogen-bond donors (Lipinski definition) is 2. The highest BCUT2D eigenvalue weighted by molar-refractivity contribution is 5.26. The van der Waals surface area contributed by atoms with Crippen molar-refractivity contribution in [2.24, 2.45) is 0 Å². The van der Waals surface area contributed by atoms with Crippen molar-refractivity contribution in [3.8, 4) is 0 Å². The molecule has 3 heteroatoms. The summed E-state index contributed by atoms with van der Waals surface area (Å²) in [6.45, 7) is 5.12. The molecule has 0 radical (unpaired) electrons. The lowest BCUT2D eigenvalue weighted by Gasteiger charge is -2.08. The lowest BCUT2D eigenvalue weighted by molar-refractivity contribution is 0.183. The Morgan fingerprint density at radius 2 is 2.20 bits per heavy atom. The second-order valence-corrected chi connectivity index (χ2v) is 3.89. The van der Waals surface area contributed by atoms with Gasteiger partial charge in [-0.05, 0) is 50.1 Å². The van der Waals surface area contributed by atoms with Gasteiger partial charge in [0, 0.05) is 6.54 Å². The van der Waals surface area contributed by atoms with Gasteiger partial charge in [0.2, 0.25) is 0 Å². The third kappa shape index (κ3) is 4.40. The number of nitrogens with one attached hydrogen (secondary N) is 1. The van der Waals surface area contributed by atoms with Gasteiger partial charge in [-0.1, -0.05) is 6.07 Å². The van der Waals surface area contributed by atoms with E-state index < -0.39 is 0 Å². The van der Waals surface area contributed by atoms with Crippen molar-refractivity contribution in [1.82, 2.24) is 5.32 Å². The molecule has 1 aromatic carbocycles. The van der Waals surface area contributed by atoms with Gasteiger partial charge < -0.3 is 10.4 Å². The minimum atomic E-state index is -0.286. The Kier molecular flexibility index (Phi) is 4.72. The number of hydrogen-bond acceptors (Lipinski definition) is 2. The van der Waals surface area contributed by atoms with Crippen molar-refractivity contribution in [3.05, 3.63) is 35.1 Å². The first kappa shape index (κ1) is 12.1. The van der Waals surface area contributed by atoms with Crippen molar-refractivity contribution >= 4 is 0 Å². The summed E-state index contributed by atoms with van der Waals surface area (Å²) in [7, 11) is 0. The Hall–Kier alpha value is -0.930. The van der Waals surface area contributed by atoms with E-state index in [2.05, 4.69) is 5.32 Å². The van der Waals surface area contributed by atoms with Crippen LogP contribution < -0.4 is 5.32 Å². The molecule has 1 rings (SSSR count). The first-order valence-electron chi connectivity index (χ1n) is 5.23. The molecule has 84 valence electrons. The maximum atomic E-state index is 12.9. The average Bonchev–Trinajstić information content (AvgIpc) is 2.17. The van der Waals surface area contributed by atoms with E-state index in [0.29, 0.717) is 13.0 Å². The van der Waals surface area contributed by atoms with E-state index in [0.717, 1.165) is 17.7 Å². The van der Waals surface area contributed by atoms with Gasteiger partial charge in [-0.3, -0.25) is 0 Å². The summed E-state index contributed by atoms with van der Waals surface area (Å²) in [5.41, 5.74) is 2.06. The van der Waals surface area contributed by atoms with Crippen LogP contribution >= 0.6 is 0 Å².